The maximum Gasteiger partial charge on any atom is 0.323 e. The third-order valence-corrected chi connectivity index (χ3v) is 5.18. The lowest BCUT2D eigenvalue weighted by Gasteiger charge is -2.14. The molecule has 2 N–H and O–H groups in total. The minimum Gasteiger partial charge on any atom is -0.308 e. The average Bonchev–Trinajstić information content (AvgIpc) is 3.07. The van der Waals surface area contributed by atoms with E-state index in [-0.39, 0.29) is 6.03 Å². The summed E-state index contributed by atoms with van der Waals surface area (Å²) in [5, 5.41) is 6.38. The first-order chi connectivity index (χ1) is 13.6. The van der Waals surface area contributed by atoms with Crippen LogP contribution in [0.3, 0.4) is 0 Å². The highest BCUT2D eigenvalue weighted by Crippen LogP contribution is 2.27. The van der Waals surface area contributed by atoms with Crippen molar-refractivity contribution in [1.29, 1.82) is 0 Å². The van der Waals surface area contributed by atoms with E-state index in [1.54, 1.807) is 6.07 Å². The molecule has 28 heavy (non-hydrogen) atoms. The predicted molar refractivity (Wildman–Crippen MR) is 115 cm³/mol. The van der Waals surface area contributed by atoms with Gasteiger partial charge in [0.1, 0.15) is 0 Å². The molecule has 4 nitrogen and oxygen atoms in total. The number of hydrogen-bond acceptors (Lipinski definition) is 2. The smallest absolute Gasteiger partial charge is 0.308 e. The normalized spacial score (nSPS) is 13.2. The Balaban J connectivity index is 1.39. The maximum atomic E-state index is 12.4. The molecule has 142 valence electrons. The quantitative estimate of drug-likeness (QED) is 0.589. The van der Waals surface area contributed by atoms with Crippen molar-refractivity contribution in [1.82, 2.24) is 4.90 Å². The van der Waals surface area contributed by atoms with Gasteiger partial charge in [-0.05, 0) is 53.4 Å². The number of carbonyl (C=O) groups excluding carboxylic acids is 1. The van der Waals surface area contributed by atoms with Gasteiger partial charge in [-0.1, -0.05) is 54.1 Å². The van der Waals surface area contributed by atoms with Crippen LogP contribution in [0, 0.1) is 6.92 Å². The second-order valence-electron chi connectivity index (χ2n) is 7.15. The standard InChI is InChI=1S/C23H22ClN3O/c1-16-7-9-20(24)12-22(16)26-23(28)25-21-10-8-18-14-27(15-19(18)11-21)13-17-5-3-2-4-6-17/h2-12H,13-15H2,1H3,(H2,25,26,28). The number of rotatable bonds is 4. The SMILES string of the molecule is Cc1ccc(Cl)cc1NC(=O)Nc1ccc2c(c1)CN(Cc1ccccc1)C2. The molecule has 5 heteroatoms. The van der Waals surface area contributed by atoms with Gasteiger partial charge in [0.15, 0.2) is 0 Å². The number of halogens is 1. The Kier molecular flexibility index (Phi) is 5.33. The lowest BCUT2D eigenvalue weighted by molar-refractivity contribution is 0.262. The van der Waals surface area contributed by atoms with Crippen molar-refractivity contribution in [2.45, 2.75) is 26.6 Å². The van der Waals surface area contributed by atoms with E-state index >= 15 is 0 Å². The van der Waals surface area contributed by atoms with Gasteiger partial charge < -0.3 is 10.6 Å². The van der Waals surface area contributed by atoms with Crippen molar-refractivity contribution in [2.24, 2.45) is 0 Å². The summed E-state index contributed by atoms with van der Waals surface area (Å²) in [5.41, 5.74) is 6.34. The van der Waals surface area contributed by atoms with Gasteiger partial charge >= 0.3 is 6.03 Å². The molecule has 0 aromatic heterocycles. The molecular formula is C23H22ClN3O. The molecule has 4 rings (SSSR count). The molecule has 0 saturated carbocycles. The second kappa shape index (κ2) is 8.05. The van der Waals surface area contributed by atoms with Crippen molar-refractivity contribution in [2.75, 3.05) is 10.6 Å². The molecular weight excluding hydrogens is 370 g/mol. The minimum absolute atomic E-state index is 0.274. The Bertz CT molecular complexity index is 1000. The number of benzene rings is 3. The third-order valence-electron chi connectivity index (χ3n) is 4.95. The van der Waals surface area contributed by atoms with Crippen LogP contribution in [0.1, 0.15) is 22.3 Å². The predicted octanol–water partition coefficient (Wildman–Crippen LogP) is 5.81. The summed E-state index contributed by atoms with van der Waals surface area (Å²) in [6, 6.07) is 21.8. The number of anilines is 2. The molecule has 0 spiro atoms. The summed E-state index contributed by atoms with van der Waals surface area (Å²) in [5.74, 6) is 0. The molecule has 0 radical (unpaired) electrons. The monoisotopic (exact) mass is 391 g/mol. The number of nitrogens with one attached hydrogen (secondary N) is 2. The fraction of sp³-hybridized carbons (Fsp3) is 0.174. The Morgan fingerprint density at radius 2 is 1.75 bits per heavy atom. The van der Waals surface area contributed by atoms with Crippen LogP contribution in [-0.4, -0.2) is 10.9 Å². The highest BCUT2D eigenvalue weighted by molar-refractivity contribution is 6.31. The van der Waals surface area contributed by atoms with Crippen LogP contribution in [0.25, 0.3) is 0 Å². The first-order valence-corrected chi connectivity index (χ1v) is 9.67. The Labute approximate surface area is 170 Å². The molecule has 2 amide bonds. The summed E-state index contributed by atoms with van der Waals surface area (Å²) in [4.78, 5) is 14.8. The maximum absolute atomic E-state index is 12.4. The zero-order chi connectivity index (χ0) is 19.5. The van der Waals surface area contributed by atoms with Gasteiger partial charge in [-0.25, -0.2) is 4.79 Å². The number of nitrogens with zero attached hydrogens (tertiary/aromatic N) is 1. The number of aryl methyl sites for hydroxylation is 1. The number of carbonyl (C=O) groups is 1. The molecule has 0 bridgehead atoms. The van der Waals surface area contributed by atoms with E-state index in [0.29, 0.717) is 10.7 Å². The van der Waals surface area contributed by atoms with Crippen LogP contribution in [0.4, 0.5) is 16.2 Å². The largest absolute Gasteiger partial charge is 0.323 e. The van der Waals surface area contributed by atoms with Gasteiger partial charge in [0.25, 0.3) is 0 Å². The van der Waals surface area contributed by atoms with E-state index in [2.05, 4.69) is 51.9 Å². The molecule has 0 saturated heterocycles. The van der Waals surface area contributed by atoms with Crippen molar-refractivity contribution in [3.05, 3.63) is 94.0 Å². The molecule has 0 unspecified atom stereocenters. The molecule has 0 fully saturated rings. The van der Waals surface area contributed by atoms with E-state index in [1.165, 1.54) is 16.7 Å². The van der Waals surface area contributed by atoms with E-state index in [0.717, 1.165) is 30.9 Å². The average molecular weight is 392 g/mol. The topological polar surface area (TPSA) is 44.4 Å². The fourth-order valence-corrected chi connectivity index (χ4v) is 3.68. The molecule has 1 aliphatic heterocycles. The zero-order valence-corrected chi connectivity index (χ0v) is 16.5. The Hall–Kier alpha value is -2.82. The van der Waals surface area contributed by atoms with Crippen LogP contribution in [-0.2, 0) is 19.6 Å². The van der Waals surface area contributed by atoms with Crippen LogP contribution in [0.2, 0.25) is 5.02 Å². The van der Waals surface area contributed by atoms with E-state index in [9.17, 15) is 4.79 Å². The zero-order valence-electron chi connectivity index (χ0n) is 15.7. The van der Waals surface area contributed by atoms with Crippen molar-refractivity contribution < 1.29 is 4.79 Å². The van der Waals surface area contributed by atoms with Crippen molar-refractivity contribution >= 4 is 29.0 Å². The highest BCUT2D eigenvalue weighted by atomic mass is 35.5. The summed E-state index contributed by atoms with van der Waals surface area (Å²) in [7, 11) is 0. The van der Waals surface area contributed by atoms with E-state index < -0.39 is 0 Å². The second-order valence-corrected chi connectivity index (χ2v) is 7.59. The number of fused-ring (bicyclic) bond motifs is 1. The molecule has 1 heterocycles. The van der Waals surface area contributed by atoms with Gasteiger partial charge in [0.2, 0.25) is 0 Å². The number of hydrogen-bond donors (Lipinski definition) is 2. The molecule has 1 aliphatic rings. The highest BCUT2D eigenvalue weighted by Gasteiger charge is 2.19. The van der Waals surface area contributed by atoms with Crippen molar-refractivity contribution in [3.63, 3.8) is 0 Å². The lowest BCUT2D eigenvalue weighted by atomic mass is 10.1. The van der Waals surface area contributed by atoms with Crippen LogP contribution < -0.4 is 10.6 Å². The number of amides is 2. The third kappa shape index (κ3) is 4.35. The Morgan fingerprint density at radius 1 is 0.964 bits per heavy atom. The molecule has 3 aromatic carbocycles. The van der Waals surface area contributed by atoms with E-state index in [1.807, 2.05) is 31.2 Å². The van der Waals surface area contributed by atoms with Gasteiger partial charge in [-0.2, -0.15) is 0 Å². The van der Waals surface area contributed by atoms with Gasteiger partial charge in [-0.3, -0.25) is 4.90 Å². The summed E-state index contributed by atoms with van der Waals surface area (Å²) in [6.45, 7) is 4.67. The van der Waals surface area contributed by atoms with Gasteiger partial charge in [-0.15, -0.1) is 0 Å². The molecule has 3 aromatic rings. The van der Waals surface area contributed by atoms with E-state index in [4.69, 9.17) is 11.6 Å². The van der Waals surface area contributed by atoms with Crippen molar-refractivity contribution in [3.8, 4) is 0 Å². The fourth-order valence-electron chi connectivity index (χ4n) is 3.51. The summed E-state index contributed by atoms with van der Waals surface area (Å²) in [6.07, 6.45) is 0. The first kappa shape index (κ1) is 18.5. The van der Waals surface area contributed by atoms with Crippen LogP contribution in [0.5, 0.6) is 0 Å². The Morgan fingerprint density at radius 3 is 2.57 bits per heavy atom. The first-order valence-electron chi connectivity index (χ1n) is 9.29. The lowest BCUT2D eigenvalue weighted by Crippen LogP contribution is -2.20. The molecule has 0 aliphatic carbocycles. The minimum atomic E-state index is -0.274. The van der Waals surface area contributed by atoms with Gasteiger partial charge in [0, 0.05) is 36.0 Å². The molecule has 0 atom stereocenters. The summed E-state index contributed by atoms with van der Waals surface area (Å²) >= 11 is 6.02. The number of urea groups is 1. The van der Waals surface area contributed by atoms with Crippen LogP contribution >= 0.6 is 11.6 Å². The van der Waals surface area contributed by atoms with Gasteiger partial charge in [0.05, 0.1) is 0 Å². The summed E-state index contributed by atoms with van der Waals surface area (Å²) < 4.78 is 0. The van der Waals surface area contributed by atoms with Crippen LogP contribution in [0.15, 0.2) is 66.7 Å².